The van der Waals surface area contributed by atoms with Crippen molar-refractivity contribution in [3.63, 3.8) is 0 Å². The van der Waals surface area contributed by atoms with E-state index in [0.717, 1.165) is 18.2 Å². The van der Waals surface area contributed by atoms with Crippen LogP contribution in [-0.2, 0) is 27.5 Å². The Kier molecular flexibility index (Phi) is 6.39. The topological polar surface area (TPSA) is 96.3 Å². The summed E-state index contributed by atoms with van der Waals surface area (Å²) in [5.74, 6) is -1.06. The third kappa shape index (κ3) is 5.19. The van der Waals surface area contributed by atoms with Crippen LogP contribution in [0.1, 0.15) is 30.9 Å². The highest BCUT2D eigenvalue weighted by molar-refractivity contribution is 5.99. The number of fused-ring (bicyclic) bond motifs is 1. The number of anilines is 1. The van der Waals surface area contributed by atoms with Crippen LogP contribution in [0.2, 0.25) is 0 Å². The number of hydrogen-bond donors (Lipinski definition) is 2. The number of halogens is 1. The number of carbonyl (C=O) groups is 3. The Morgan fingerprint density at radius 2 is 2.00 bits per heavy atom. The van der Waals surface area contributed by atoms with Crippen molar-refractivity contribution in [3.8, 4) is 0 Å². The van der Waals surface area contributed by atoms with Gasteiger partial charge in [0, 0.05) is 42.9 Å². The molecule has 0 aliphatic heterocycles. The molecule has 4 rings (SSSR count). The first-order valence-electron chi connectivity index (χ1n) is 10.8. The molecule has 2 N–H and O–H groups in total. The van der Waals surface area contributed by atoms with Gasteiger partial charge in [0.25, 0.3) is 0 Å². The fourth-order valence-electron chi connectivity index (χ4n) is 3.81. The smallest absolute Gasteiger partial charge is 0.243 e. The minimum absolute atomic E-state index is 0.0241. The Morgan fingerprint density at radius 3 is 2.73 bits per heavy atom. The van der Waals surface area contributed by atoms with Crippen LogP contribution in [0.5, 0.6) is 0 Å². The van der Waals surface area contributed by atoms with E-state index < -0.39 is 0 Å². The van der Waals surface area contributed by atoms with Crippen molar-refractivity contribution in [2.75, 3.05) is 11.9 Å². The number of nitrogens with zero attached hydrogens (tertiary/aromatic N) is 3. The molecule has 2 heterocycles. The predicted octanol–water partition coefficient (Wildman–Crippen LogP) is 2.75. The molecule has 1 aliphatic rings. The molecule has 1 saturated carbocycles. The van der Waals surface area contributed by atoms with Gasteiger partial charge in [0.05, 0.1) is 12.2 Å². The monoisotopic (exact) mass is 451 g/mol. The second-order valence-electron chi connectivity index (χ2n) is 8.30. The molecule has 1 fully saturated rings. The summed E-state index contributed by atoms with van der Waals surface area (Å²) < 4.78 is 15.9. The largest absolute Gasteiger partial charge is 0.350 e. The van der Waals surface area contributed by atoms with Gasteiger partial charge in [-0.05, 0) is 37.5 Å². The summed E-state index contributed by atoms with van der Waals surface area (Å²) in [4.78, 5) is 43.0. The zero-order chi connectivity index (χ0) is 23.5. The standard InChI is InChI=1S/C24H26FN5O3/c1-15-4-3-5-17(23(15)25)12-27-21(32)13-30(18-6-7-18)22(33)14-29-11-9-19-20(28-16(2)31)8-10-26-24(19)29/h3-5,8-11,18H,6-7,12-14H2,1-2H3,(H,27,32)(H,26,28,31). The van der Waals surface area contributed by atoms with Crippen LogP contribution in [0.4, 0.5) is 10.1 Å². The Hall–Kier alpha value is -3.75. The molecule has 8 nitrogen and oxygen atoms in total. The Morgan fingerprint density at radius 1 is 1.21 bits per heavy atom. The molecule has 3 aromatic rings. The van der Waals surface area contributed by atoms with E-state index in [4.69, 9.17) is 0 Å². The van der Waals surface area contributed by atoms with Gasteiger partial charge >= 0.3 is 0 Å². The average Bonchev–Trinajstić information content (AvgIpc) is 3.53. The third-order valence-electron chi connectivity index (χ3n) is 5.65. The number of hydrogen-bond acceptors (Lipinski definition) is 4. The Balaban J connectivity index is 1.42. The quantitative estimate of drug-likeness (QED) is 0.551. The molecule has 0 bridgehead atoms. The van der Waals surface area contributed by atoms with Gasteiger partial charge in [-0.15, -0.1) is 0 Å². The predicted molar refractivity (Wildman–Crippen MR) is 122 cm³/mol. The lowest BCUT2D eigenvalue weighted by atomic mass is 10.1. The Bertz CT molecular complexity index is 1220. The van der Waals surface area contributed by atoms with Crippen LogP contribution >= 0.6 is 0 Å². The second kappa shape index (κ2) is 9.40. The van der Waals surface area contributed by atoms with Crippen molar-refractivity contribution in [1.82, 2.24) is 19.8 Å². The van der Waals surface area contributed by atoms with Crippen molar-refractivity contribution in [2.24, 2.45) is 0 Å². The highest BCUT2D eigenvalue weighted by Crippen LogP contribution is 2.28. The van der Waals surface area contributed by atoms with Gasteiger partial charge in [-0.1, -0.05) is 18.2 Å². The molecule has 3 amide bonds. The molecule has 1 aliphatic carbocycles. The van der Waals surface area contributed by atoms with Crippen LogP contribution in [0.3, 0.4) is 0 Å². The number of rotatable bonds is 8. The summed E-state index contributed by atoms with van der Waals surface area (Å²) in [6.07, 6.45) is 5.02. The van der Waals surface area contributed by atoms with E-state index in [1.807, 2.05) is 0 Å². The lowest BCUT2D eigenvalue weighted by Crippen LogP contribution is -2.43. The first kappa shape index (κ1) is 22.4. The summed E-state index contributed by atoms with van der Waals surface area (Å²) in [7, 11) is 0. The number of aromatic nitrogens is 2. The highest BCUT2D eigenvalue weighted by Gasteiger charge is 2.34. The molecule has 0 saturated heterocycles. The Labute approximate surface area is 190 Å². The lowest BCUT2D eigenvalue weighted by molar-refractivity contribution is -0.137. The van der Waals surface area contributed by atoms with E-state index in [0.29, 0.717) is 22.5 Å². The molecule has 0 radical (unpaired) electrons. The maximum Gasteiger partial charge on any atom is 0.243 e. The van der Waals surface area contributed by atoms with Crippen molar-refractivity contribution >= 4 is 34.4 Å². The first-order chi connectivity index (χ1) is 15.8. The number of carbonyl (C=O) groups excluding carboxylic acids is 3. The van der Waals surface area contributed by atoms with Gasteiger partial charge in [0.15, 0.2) is 0 Å². The van der Waals surface area contributed by atoms with Gasteiger partial charge in [-0.2, -0.15) is 0 Å². The minimum atomic E-state index is -0.335. The summed E-state index contributed by atoms with van der Waals surface area (Å²) in [5.41, 5.74) is 2.13. The second-order valence-corrected chi connectivity index (χ2v) is 8.30. The lowest BCUT2D eigenvalue weighted by Gasteiger charge is -2.22. The molecule has 9 heteroatoms. The van der Waals surface area contributed by atoms with Gasteiger partial charge in [0.2, 0.25) is 17.7 Å². The molecule has 1 aromatic carbocycles. The van der Waals surface area contributed by atoms with Crippen molar-refractivity contribution in [2.45, 2.75) is 45.8 Å². The molecule has 33 heavy (non-hydrogen) atoms. The fourth-order valence-corrected chi connectivity index (χ4v) is 3.81. The molecule has 2 aromatic heterocycles. The zero-order valence-electron chi connectivity index (χ0n) is 18.6. The van der Waals surface area contributed by atoms with E-state index in [-0.39, 0.29) is 49.2 Å². The fraction of sp³-hybridized carbons (Fsp3) is 0.333. The van der Waals surface area contributed by atoms with E-state index in [2.05, 4.69) is 15.6 Å². The van der Waals surface area contributed by atoms with Crippen molar-refractivity contribution in [1.29, 1.82) is 0 Å². The summed E-state index contributed by atoms with van der Waals surface area (Å²) in [6.45, 7) is 3.11. The van der Waals surface area contributed by atoms with Crippen LogP contribution in [0, 0.1) is 12.7 Å². The first-order valence-corrected chi connectivity index (χ1v) is 10.8. The van der Waals surface area contributed by atoms with E-state index in [9.17, 15) is 18.8 Å². The molecule has 172 valence electrons. The number of pyridine rings is 1. The summed E-state index contributed by atoms with van der Waals surface area (Å²) >= 11 is 0. The molecular formula is C24H26FN5O3. The van der Waals surface area contributed by atoms with Crippen LogP contribution in [0.25, 0.3) is 11.0 Å². The zero-order valence-corrected chi connectivity index (χ0v) is 18.6. The molecule has 0 spiro atoms. The minimum Gasteiger partial charge on any atom is -0.350 e. The average molecular weight is 452 g/mol. The van der Waals surface area contributed by atoms with Gasteiger partial charge in [-0.25, -0.2) is 9.37 Å². The maximum atomic E-state index is 14.2. The maximum absolute atomic E-state index is 14.2. The number of aryl methyl sites for hydroxylation is 1. The third-order valence-corrected chi connectivity index (χ3v) is 5.65. The van der Waals surface area contributed by atoms with Crippen molar-refractivity contribution < 1.29 is 18.8 Å². The van der Waals surface area contributed by atoms with Crippen molar-refractivity contribution in [3.05, 3.63) is 59.7 Å². The number of benzene rings is 1. The van der Waals surface area contributed by atoms with E-state index in [1.165, 1.54) is 6.92 Å². The highest BCUT2D eigenvalue weighted by atomic mass is 19.1. The van der Waals surface area contributed by atoms with Gasteiger partial charge in [-0.3, -0.25) is 14.4 Å². The molecule has 0 atom stereocenters. The van der Waals surface area contributed by atoms with Gasteiger partial charge in [0.1, 0.15) is 18.0 Å². The molecule has 0 unspecified atom stereocenters. The van der Waals surface area contributed by atoms with E-state index in [1.54, 1.807) is 59.1 Å². The number of amides is 3. The normalized spacial score (nSPS) is 13.1. The summed E-state index contributed by atoms with van der Waals surface area (Å²) in [6, 6.07) is 8.58. The number of nitrogens with one attached hydrogen (secondary N) is 2. The van der Waals surface area contributed by atoms with Gasteiger partial charge < -0.3 is 20.1 Å². The molecular weight excluding hydrogens is 425 g/mol. The van der Waals surface area contributed by atoms with Crippen LogP contribution < -0.4 is 10.6 Å². The van der Waals surface area contributed by atoms with E-state index >= 15 is 0 Å². The summed E-state index contributed by atoms with van der Waals surface area (Å²) in [5, 5.41) is 6.21. The van der Waals surface area contributed by atoms with Crippen LogP contribution in [0.15, 0.2) is 42.7 Å². The SMILES string of the molecule is CC(=O)Nc1ccnc2c1ccn2CC(=O)N(CC(=O)NCc1cccc(C)c1F)C1CC1. The van der Waals surface area contributed by atoms with Crippen LogP contribution in [-0.4, -0.2) is 44.8 Å².